The molecule has 39 heavy (non-hydrogen) atoms. The first kappa shape index (κ1) is 28.2. The van der Waals surface area contributed by atoms with Gasteiger partial charge in [-0.25, -0.2) is 13.1 Å². The van der Waals surface area contributed by atoms with Gasteiger partial charge in [0.05, 0.1) is 22.9 Å². The summed E-state index contributed by atoms with van der Waals surface area (Å²) < 4.78 is 46.7. The predicted octanol–water partition coefficient (Wildman–Crippen LogP) is 6.70. The molecule has 0 bridgehead atoms. The van der Waals surface area contributed by atoms with Gasteiger partial charge in [0.15, 0.2) is 11.5 Å². The van der Waals surface area contributed by atoms with Gasteiger partial charge in [0.1, 0.15) is 6.61 Å². The number of sulfonamides is 1. The summed E-state index contributed by atoms with van der Waals surface area (Å²) in [6.45, 7) is 12.3. The average molecular weight is 550 g/mol. The molecule has 2 heterocycles. The topological polar surface area (TPSA) is 104 Å². The molecule has 0 spiro atoms. The van der Waals surface area contributed by atoms with E-state index < -0.39 is 10.0 Å². The lowest BCUT2D eigenvalue weighted by molar-refractivity contribution is 0.266. The predicted molar refractivity (Wildman–Crippen MR) is 152 cm³/mol. The third kappa shape index (κ3) is 6.25. The van der Waals surface area contributed by atoms with E-state index in [1.807, 2.05) is 51.1 Å². The molecule has 0 radical (unpaired) electrons. The van der Waals surface area contributed by atoms with E-state index in [1.165, 1.54) is 0 Å². The van der Waals surface area contributed by atoms with Crippen LogP contribution in [0.3, 0.4) is 0 Å². The molecule has 0 unspecified atom stereocenters. The highest BCUT2D eigenvalue weighted by Gasteiger charge is 2.24. The molecule has 8 nitrogen and oxygen atoms in total. The molecule has 0 fully saturated rings. The first-order chi connectivity index (χ1) is 18.6. The Kier molecular flexibility index (Phi) is 8.60. The Hall–Kier alpha value is -3.85. The molecule has 1 N–H and O–H groups in total. The lowest BCUT2D eigenvalue weighted by Gasteiger charge is -2.17. The summed E-state index contributed by atoms with van der Waals surface area (Å²) in [7, 11) is -3.94. The molecule has 9 heteroatoms. The second-order valence-electron chi connectivity index (χ2n) is 9.46. The zero-order valence-electron chi connectivity index (χ0n) is 23.3. The van der Waals surface area contributed by atoms with Crippen LogP contribution in [0.4, 0.5) is 5.88 Å². The molecule has 0 saturated heterocycles. The fourth-order valence-electron chi connectivity index (χ4n) is 4.46. The van der Waals surface area contributed by atoms with E-state index in [4.69, 9.17) is 14.0 Å². The molecular formula is C30H35N3O5S. The molecule has 2 aromatic carbocycles. The first-order valence-corrected chi connectivity index (χ1v) is 14.5. The molecule has 0 aliphatic carbocycles. The van der Waals surface area contributed by atoms with Gasteiger partial charge < -0.3 is 14.0 Å². The summed E-state index contributed by atoms with van der Waals surface area (Å²) in [5.74, 6) is 1.43. The quantitative estimate of drug-likeness (QED) is 0.222. The first-order valence-electron chi connectivity index (χ1n) is 13.0. The highest BCUT2D eigenvalue weighted by Crippen LogP contribution is 2.35. The van der Waals surface area contributed by atoms with Crippen LogP contribution in [-0.4, -0.2) is 25.2 Å². The fraction of sp³-hybridized carbons (Fsp3) is 0.333. The summed E-state index contributed by atoms with van der Waals surface area (Å²) >= 11 is 0. The number of nitrogens with one attached hydrogen (secondary N) is 1. The molecule has 0 aliphatic heterocycles. The fourth-order valence-corrected chi connectivity index (χ4v) is 5.73. The molecule has 0 aliphatic rings. The van der Waals surface area contributed by atoms with Gasteiger partial charge in [-0.1, -0.05) is 54.9 Å². The van der Waals surface area contributed by atoms with Crippen molar-refractivity contribution in [1.82, 2.24) is 10.1 Å². The minimum atomic E-state index is -3.94. The van der Waals surface area contributed by atoms with Crippen molar-refractivity contribution < 1.29 is 22.4 Å². The van der Waals surface area contributed by atoms with Crippen LogP contribution in [0, 0.1) is 27.7 Å². The van der Waals surface area contributed by atoms with Gasteiger partial charge in [-0.15, -0.1) is 0 Å². The third-order valence-corrected chi connectivity index (χ3v) is 7.85. The SMILES string of the molecule is CCCc1cc(COc2cc(C)nc(C)c2OCC)ccc1-c1ccccc1S(=O)(=O)Nc1onc(C)c1C. The monoisotopic (exact) mass is 549 g/mol. The number of aryl methyl sites for hydroxylation is 4. The Morgan fingerprint density at radius 1 is 0.923 bits per heavy atom. The maximum atomic E-state index is 13.5. The zero-order valence-corrected chi connectivity index (χ0v) is 24.1. The van der Waals surface area contributed by atoms with Crippen molar-refractivity contribution in [2.24, 2.45) is 0 Å². The van der Waals surface area contributed by atoms with E-state index in [2.05, 4.69) is 27.9 Å². The lowest BCUT2D eigenvalue weighted by atomic mass is 9.95. The second-order valence-corrected chi connectivity index (χ2v) is 11.1. The molecule has 2 aromatic heterocycles. The van der Waals surface area contributed by atoms with Crippen LogP contribution in [0.5, 0.6) is 11.5 Å². The van der Waals surface area contributed by atoms with Crippen LogP contribution in [-0.2, 0) is 23.1 Å². The largest absolute Gasteiger partial charge is 0.488 e. The van der Waals surface area contributed by atoms with Crippen LogP contribution in [0.25, 0.3) is 11.1 Å². The number of aromatic nitrogens is 2. The van der Waals surface area contributed by atoms with Crippen LogP contribution in [0.2, 0.25) is 0 Å². The lowest BCUT2D eigenvalue weighted by Crippen LogP contribution is -2.14. The summed E-state index contributed by atoms with van der Waals surface area (Å²) in [5.41, 5.74) is 6.43. The van der Waals surface area contributed by atoms with Gasteiger partial charge in [-0.2, -0.15) is 0 Å². The summed E-state index contributed by atoms with van der Waals surface area (Å²) in [6.07, 6.45) is 1.68. The highest BCUT2D eigenvalue weighted by molar-refractivity contribution is 7.92. The number of pyridine rings is 1. The molecule has 0 saturated carbocycles. The van der Waals surface area contributed by atoms with Crippen molar-refractivity contribution in [3.63, 3.8) is 0 Å². The Balaban J connectivity index is 1.67. The number of benzene rings is 2. The normalized spacial score (nSPS) is 11.4. The Bertz CT molecular complexity index is 1580. The minimum Gasteiger partial charge on any atom is -0.488 e. The summed E-state index contributed by atoms with van der Waals surface area (Å²) in [4.78, 5) is 4.65. The second kappa shape index (κ2) is 11.9. The average Bonchev–Trinajstić information content (AvgIpc) is 3.21. The van der Waals surface area contributed by atoms with Crippen molar-refractivity contribution in [1.29, 1.82) is 0 Å². The van der Waals surface area contributed by atoms with Gasteiger partial charge in [0, 0.05) is 22.9 Å². The van der Waals surface area contributed by atoms with Crippen LogP contribution in [0.15, 0.2) is 57.9 Å². The van der Waals surface area contributed by atoms with Gasteiger partial charge in [0.25, 0.3) is 10.0 Å². The number of rotatable bonds is 11. The number of nitrogens with zero attached hydrogens (tertiary/aromatic N) is 2. The molecule has 0 atom stereocenters. The van der Waals surface area contributed by atoms with Crippen molar-refractivity contribution in [3.05, 3.63) is 82.3 Å². The van der Waals surface area contributed by atoms with Crippen LogP contribution < -0.4 is 14.2 Å². The maximum absolute atomic E-state index is 13.5. The van der Waals surface area contributed by atoms with Crippen LogP contribution >= 0.6 is 0 Å². The van der Waals surface area contributed by atoms with Crippen molar-refractivity contribution in [3.8, 4) is 22.6 Å². The number of ether oxygens (including phenoxy) is 2. The van der Waals surface area contributed by atoms with Crippen molar-refractivity contribution >= 4 is 15.9 Å². The summed E-state index contributed by atoms with van der Waals surface area (Å²) in [6, 6.07) is 14.9. The van der Waals surface area contributed by atoms with E-state index in [9.17, 15) is 8.42 Å². The molecular weight excluding hydrogens is 514 g/mol. The van der Waals surface area contributed by atoms with Gasteiger partial charge in [0.2, 0.25) is 5.88 Å². The Morgan fingerprint density at radius 2 is 1.69 bits per heavy atom. The summed E-state index contributed by atoms with van der Waals surface area (Å²) in [5, 5.41) is 3.86. The van der Waals surface area contributed by atoms with Crippen LogP contribution in [0.1, 0.15) is 54.0 Å². The number of hydrogen-bond donors (Lipinski definition) is 1. The van der Waals surface area contributed by atoms with Gasteiger partial charge in [-0.05, 0) is 63.8 Å². The van der Waals surface area contributed by atoms with E-state index >= 15 is 0 Å². The van der Waals surface area contributed by atoms with E-state index in [0.717, 1.165) is 40.9 Å². The molecule has 4 aromatic rings. The molecule has 4 rings (SSSR count). The Labute approximate surface area is 230 Å². The molecule has 0 amide bonds. The van der Waals surface area contributed by atoms with Gasteiger partial charge in [-0.3, -0.25) is 4.98 Å². The maximum Gasteiger partial charge on any atom is 0.264 e. The minimum absolute atomic E-state index is 0.122. The van der Waals surface area contributed by atoms with E-state index in [-0.39, 0.29) is 10.8 Å². The highest BCUT2D eigenvalue weighted by atomic mass is 32.2. The zero-order chi connectivity index (χ0) is 28.2. The standard InChI is InChI=1S/C30H35N3O5S/c1-7-11-24-17-23(18-37-27-16-19(3)31-22(6)29(27)36-8-2)14-15-25(24)26-12-9-10-13-28(26)39(34,35)33-30-20(4)21(5)32-38-30/h9-10,12-17,33H,7-8,11,18H2,1-6H3. The molecule has 206 valence electrons. The number of anilines is 1. The van der Waals surface area contributed by atoms with Gasteiger partial charge >= 0.3 is 0 Å². The van der Waals surface area contributed by atoms with E-state index in [1.54, 1.807) is 26.0 Å². The van der Waals surface area contributed by atoms with Crippen molar-refractivity contribution in [2.45, 2.75) is 65.9 Å². The van der Waals surface area contributed by atoms with E-state index in [0.29, 0.717) is 41.5 Å². The number of hydrogen-bond acceptors (Lipinski definition) is 7. The third-order valence-electron chi connectivity index (χ3n) is 6.46. The smallest absolute Gasteiger partial charge is 0.264 e. The Morgan fingerprint density at radius 3 is 2.38 bits per heavy atom. The van der Waals surface area contributed by atoms with Crippen molar-refractivity contribution in [2.75, 3.05) is 11.3 Å².